The van der Waals surface area contributed by atoms with Crippen molar-refractivity contribution in [1.29, 1.82) is 0 Å². The van der Waals surface area contributed by atoms with Crippen molar-refractivity contribution in [2.45, 2.75) is 32.7 Å². The highest BCUT2D eigenvalue weighted by Crippen LogP contribution is 1.98. The number of hydrogen-bond acceptors (Lipinski definition) is 4. The van der Waals surface area contributed by atoms with Gasteiger partial charge in [-0.05, 0) is 12.3 Å². The lowest BCUT2D eigenvalue weighted by molar-refractivity contribution is -0.140. The van der Waals surface area contributed by atoms with Crippen LogP contribution >= 0.6 is 0 Å². The summed E-state index contributed by atoms with van der Waals surface area (Å²) in [6.45, 7) is 5.17. The van der Waals surface area contributed by atoms with Crippen LogP contribution in [0.3, 0.4) is 0 Å². The number of amides is 2. The number of urea groups is 1. The van der Waals surface area contributed by atoms with Crippen molar-refractivity contribution in [3.8, 4) is 0 Å². The molecule has 0 radical (unpaired) electrons. The molecule has 0 aromatic carbocycles. The minimum absolute atomic E-state index is 0.165. The van der Waals surface area contributed by atoms with Crippen LogP contribution in [0.1, 0.15) is 26.7 Å². The number of ether oxygens (including phenoxy) is 1. The molecular formula is C12H22N2O6. The van der Waals surface area contributed by atoms with Gasteiger partial charge in [-0.15, -0.1) is 0 Å². The number of hydrogen-bond donors (Lipinski definition) is 4. The third-order valence-electron chi connectivity index (χ3n) is 2.23. The molecule has 0 bridgehead atoms. The summed E-state index contributed by atoms with van der Waals surface area (Å²) in [5, 5.41) is 22.0. The Morgan fingerprint density at radius 1 is 1.20 bits per heavy atom. The van der Waals surface area contributed by atoms with Crippen LogP contribution in [0.5, 0.6) is 0 Å². The Kier molecular flexibility index (Phi) is 9.10. The van der Waals surface area contributed by atoms with Crippen LogP contribution < -0.4 is 10.6 Å². The van der Waals surface area contributed by atoms with Crippen molar-refractivity contribution in [3.05, 3.63) is 0 Å². The van der Waals surface area contributed by atoms with Gasteiger partial charge >= 0.3 is 18.0 Å². The fourth-order valence-electron chi connectivity index (χ4n) is 1.29. The van der Waals surface area contributed by atoms with E-state index in [-0.39, 0.29) is 19.4 Å². The molecular weight excluding hydrogens is 268 g/mol. The van der Waals surface area contributed by atoms with Crippen LogP contribution in [0, 0.1) is 5.92 Å². The highest BCUT2D eigenvalue weighted by atomic mass is 16.5. The molecule has 0 spiro atoms. The summed E-state index contributed by atoms with van der Waals surface area (Å²) in [6, 6.07) is -1.88. The number of carboxylic acid groups (broad SMARTS) is 2. The summed E-state index contributed by atoms with van der Waals surface area (Å²) >= 11 is 0. The maximum atomic E-state index is 11.4. The predicted molar refractivity (Wildman–Crippen MR) is 70.5 cm³/mol. The van der Waals surface area contributed by atoms with E-state index in [1.54, 1.807) is 0 Å². The van der Waals surface area contributed by atoms with Crippen LogP contribution in [0.15, 0.2) is 0 Å². The van der Waals surface area contributed by atoms with Gasteiger partial charge < -0.3 is 25.6 Å². The Morgan fingerprint density at radius 2 is 1.85 bits per heavy atom. The first-order valence-electron chi connectivity index (χ1n) is 6.39. The first-order chi connectivity index (χ1) is 9.32. The highest BCUT2D eigenvalue weighted by molar-refractivity contribution is 5.82. The SMILES string of the molecule is CC(C)COCCNC(=O)NC(CCC(=O)O)C(=O)O. The molecule has 0 aliphatic rings. The molecule has 1 atom stereocenters. The van der Waals surface area contributed by atoms with Gasteiger partial charge in [0.05, 0.1) is 6.61 Å². The second-order valence-electron chi connectivity index (χ2n) is 4.69. The van der Waals surface area contributed by atoms with Crippen molar-refractivity contribution < 1.29 is 29.3 Å². The number of rotatable bonds is 10. The monoisotopic (exact) mass is 290 g/mol. The first kappa shape index (κ1) is 18.2. The van der Waals surface area contributed by atoms with Crippen LogP contribution in [0.25, 0.3) is 0 Å². The first-order valence-corrected chi connectivity index (χ1v) is 6.39. The second kappa shape index (κ2) is 10.0. The Balaban J connectivity index is 3.89. The molecule has 0 saturated carbocycles. The van der Waals surface area contributed by atoms with E-state index in [0.717, 1.165) is 0 Å². The molecule has 0 fully saturated rings. The number of carbonyl (C=O) groups is 3. The zero-order valence-corrected chi connectivity index (χ0v) is 11.7. The molecule has 0 rings (SSSR count). The van der Waals surface area contributed by atoms with Gasteiger partial charge in [-0.2, -0.15) is 0 Å². The summed E-state index contributed by atoms with van der Waals surface area (Å²) in [5.74, 6) is -1.98. The van der Waals surface area contributed by atoms with Gasteiger partial charge in [-0.1, -0.05) is 13.8 Å². The molecule has 8 nitrogen and oxygen atoms in total. The molecule has 0 aliphatic heterocycles. The molecule has 0 heterocycles. The lowest BCUT2D eigenvalue weighted by Gasteiger charge is -2.14. The zero-order chi connectivity index (χ0) is 15.5. The molecule has 8 heteroatoms. The van der Waals surface area contributed by atoms with Crippen LogP contribution in [-0.4, -0.2) is 54.0 Å². The molecule has 116 valence electrons. The van der Waals surface area contributed by atoms with Gasteiger partial charge in [0.2, 0.25) is 0 Å². The van der Waals surface area contributed by atoms with Crippen molar-refractivity contribution >= 4 is 18.0 Å². The predicted octanol–water partition coefficient (Wildman–Crippen LogP) is 0.276. The minimum Gasteiger partial charge on any atom is -0.481 e. The average Bonchev–Trinajstić information content (AvgIpc) is 2.32. The number of aliphatic carboxylic acids is 2. The van der Waals surface area contributed by atoms with E-state index in [2.05, 4.69) is 10.6 Å². The molecule has 20 heavy (non-hydrogen) atoms. The van der Waals surface area contributed by atoms with Gasteiger partial charge in [0.1, 0.15) is 6.04 Å². The Hall–Kier alpha value is -1.83. The fraction of sp³-hybridized carbons (Fsp3) is 0.750. The number of nitrogens with one attached hydrogen (secondary N) is 2. The third kappa shape index (κ3) is 10.1. The standard InChI is InChI=1S/C12H22N2O6/c1-8(2)7-20-6-5-13-12(19)14-9(11(17)18)3-4-10(15)16/h8-9H,3-7H2,1-2H3,(H,15,16)(H,17,18)(H2,13,14,19). The molecule has 0 aromatic heterocycles. The lowest BCUT2D eigenvalue weighted by Crippen LogP contribution is -2.46. The Morgan fingerprint density at radius 3 is 2.35 bits per heavy atom. The summed E-state index contributed by atoms with van der Waals surface area (Å²) in [4.78, 5) is 32.6. The lowest BCUT2D eigenvalue weighted by atomic mass is 10.1. The van der Waals surface area contributed by atoms with E-state index < -0.39 is 24.0 Å². The van der Waals surface area contributed by atoms with E-state index in [4.69, 9.17) is 14.9 Å². The molecule has 4 N–H and O–H groups in total. The molecule has 2 amide bonds. The quantitative estimate of drug-likeness (QED) is 0.428. The largest absolute Gasteiger partial charge is 0.481 e. The van der Waals surface area contributed by atoms with E-state index in [1.807, 2.05) is 13.8 Å². The zero-order valence-electron chi connectivity index (χ0n) is 11.7. The van der Waals surface area contributed by atoms with Crippen molar-refractivity contribution in [2.75, 3.05) is 19.8 Å². The van der Waals surface area contributed by atoms with Crippen LogP contribution in [0.2, 0.25) is 0 Å². The second-order valence-corrected chi connectivity index (χ2v) is 4.69. The van der Waals surface area contributed by atoms with Crippen molar-refractivity contribution in [3.63, 3.8) is 0 Å². The van der Waals surface area contributed by atoms with E-state index >= 15 is 0 Å². The summed E-state index contributed by atoms with van der Waals surface area (Å²) < 4.78 is 5.24. The normalized spacial score (nSPS) is 11.9. The van der Waals surface area contributed by atoms with Gasteiger partial charge in [0.15, 0.2) is 0 Å². The van der Waals surface area contributed by atoms with Crippen molar-refractivity contribution in [1.82, 2.24) is 10.6 Å². The maximum absolute atomic E-state index is 11.4. The van der Waals surface area contributed by atoms with Gasteiger partial charge in [0, 0.05) is 19.6 Å². The molecule has 0 aromatic rings. The van der Waals surface area contributed by atoms with Crippen molar-refractivity contribution in [2.24, 2.45) is 5.92 Å². The third-order valence-corrected chi connectivity index (χ3v) is 2.23. The Bertz CT molecular complexity index is 332. The summed E-state index contributed by atoms with van der Waals surface area (Å²) in [6.07, 6.45) is -0.489. The summed E-state index contributed by atoms with van der Waals surface area (Å²) in [7, 11) is 0. The maximum Gasteiger partial charge on any atom is 0.326 e. The molecule has 1 unspecified atom stereocenters. The highest BCUT2D eigenvalue weighted by Gasteiger charge is 2.20. The molecule has 0 saturated heterocycles. The number of carbonyl (C=O) groups excluding carboxylic acids is 1. The van der Waals surface area contributed by atoms with Gasteiger partial charge in [-0.3, -0.25) is 4.79 Å². The van der Waals surface area contributed by atoms with E-state index in [9.17, 15) is 14.4 Å². The fourth-order valence-corrected chi connectivity index (χ4v) is 1.29. The minimum atomic E-state index is -1.27. The van der Waals surface area contributed by atoms with E-state index in [1.165, 1.54) is 0 Å². The average molecular weight is 290 g/mol. The topological polar surface area (TPSA) is 125 Å². The number of carboxylic acids is 2. The van der Waals surface area contributed by atoms with E-state index in [0.29, 0.717) is 19.1 Å². The smallest absolute Gasteiger partial charge is 0.326 e. The van der Waals surface area contributed by atoms with Crippen LogP contribution in [-0.2, 0) is 14.3 Å². The molecule has 0 aliphatic carbocycles. The summed E-state index contributed by atoms with van der Waals surface area (Å²) in [5.41, 5.74) is 0. The van der Waals surface area contributed by atoms with Crippen LogP contribution in [0.4, 0.5) is 4.79 Å². The van der Waals surface area contributed by atoms with Gasteiger partial charge in [0.25, 0.3) is 0 Å². The Labute approximate surface area is 117 Å². The van der Waals surface area contributed by atoms with Gasteiger partial charge in [-0.25, -0.2) is 9.59 Å².